The first-order chi connectivity index (χ1) is 22.0. The van der Waals surface area contributed by atoms with Crippen LogP contribution in [0, 0.1) is 28.6 Å². The van der Waals surface area contributed by atoms with E-state index in [1.807, 2.05) is 0 Å². The molecule has 0 radical (unpaired) electrons. The van der Waals surface area contributed by atoms with Crippen molar-refractivity contribution in [3.05, 3.63) is 53.1 Å². The Morgan fingerprint density at radius 3 is 2.26 bits per heavy atom. The number of nitrogens with zero attached hydrogens (tertiary/aromatic N) is 3. The fraction of sp³-hybridized carbons (Fsp3) is 0.406. The molecule has 47 heavy (non-hydrogen) atoms. The molecule has 0 bridgehead atoms. The number of nitrogens with two attached hydrogens (primary N) is 3. The number of benzene rings is 2. The van der Waals surface area contributed by atoms with Gasteiger partial charge in [0.05, 0.1) is 23.2 Å². The standard InChI is InChI=1S/C32H36N8O7/c1-39(2)18-10-15(12-37-29(47)38-16-8-6-5-7-9-16)22(41)19-17(18)11-30(35)13-32(36)25(40(3)4)24(43)20(28(34)46)26(44)31(32,14-33)27(45)21(30)23(19)42/h5-10,20-21,25,41H,11-13,35-36H2,1-4H3,(H2,34,46)(H2,37,38,47)/t20?,21?,25-,30-,31+,32-/m1/s1. The van der Waals surface area contributed by atoms with Gasteiger partial charge in [-0.1, -0.05) is 18.2 Å². The van der Waals surface area contributed by atoms with Crippen molar-refractivity contribution in [2.24, 2.45) is 34.5 Å². The summed E-state index contributed by atoms with van der Waals surface area (Å²) in [6, 6.07) is 9.81. The van der Waals surface area contributed by atoms with Gasteiger partial charge in [0.1, 0.15) is 11.7 Å². The monoisotopic (exact) mass is 644 g/mol. The van der Waals surface area contributed by atoms with Crippen LogP contribution in [-0.4, -0.2) is 90.4 Å². The van der Waals surface area contributed by atoms with Crippen molar-refractivity contribution < 1.29 is 33.9 Å². The second-order valence-electron chi connectivity index (χ2n) is 12.9. The van der Waals surface area contributed by atoms with Gasteiger partial charge in [0, 0.05) is 43.1 Å². The number of urea groups is 1. The van der Waals surface area contributed by atoms with Crippen LogP contribution >= 0.6 is 0 Å². The normalized spacial score (nSPS) is 29.7. The van der Waals surface area contributed by atoms with Crippen molar-refractivity contribution >= 4 is 46.4 Å². The predicted molar refractivity (Wildman–Crippen MR) is 168 cm³/mol. The number of nitriles is 1. The van der Waals surface area contributed by atoms with E-state index >= 15 is 0 Å². The fourth-order valence-electron chi connectivity index (χ4n) is 7.72. The average Bonchev–Trinajstić information content (AvgIpc) is 2.96. The summed E-state index contributed by atoms with van der Waals surface area (Å²) in [4.78, 5) is 84.4. The third-order valence-electron chi connectivity index (χ3n) is 9.60. The van der Waals surface area contributed by atoms with Gasteiger partial charge in [0.25, 0.3) is 0 Å². The lowest BCUT2D eigenvalue weighted by Crippen LogP contribution is -2.85. The van der Waals surface area contributed by atoms with Gasteiger partial charge in [-0.15, -0.1) is 0 Å². The lowest BCUT2D eigenvalue weighted by atomic mass is 9.42. The molecule has 0 saturated heterocycles. The van der Waals surface area contributed by atoms with Crippen molar-refractivity contribution in [2.45, 2.75) is 36.5 Å². The number of phenolic OH excluding ortho intramolecular Hbond substituents is 1. The molecule has 3 amide bonds. The summed E-state index contributed by atoms with van der Waals surface area (Å²) in [5.41, 5.74) is 13.4. The highest BCUT2D eigenvalue weighted by atomic mass is 16.3. The maximum absolute atomic E-state index is 14.6. The summed E-state index contributed by atoms with van der Waals surface area (Å²) in [6.45, 7) is -0.224. The number of hydrogen-bond acceptors (Lipinski definition) is 12. The molecule has 0 aliphatic heterocycles. The van der Waals surface area contributed by atoms with E-state index in [1.54, 1.807) is 61.5 Å². The van der Waals surface area contributed by atoms with Crippen molar-refractivity contribution in [2.75, 3.05) is 38.4 Å². The number of ketones is 4. The van der Waals surface area contributed by atoms with E-state index in [1.165, 1.54) is 19.0 Å². The molecule has 0 aromatic heterocycles. The Balaban J connectivity index is 1.63. The third kappa shape index (κ3) is 4.67. The van der Waals surface area contributed by atoms with Gasteiger partial charge in [-0.3, -0.25) is 28.9 Å². The fourth-order valence-corrected chi connectivity index (χ4v) is 7.72. The van der Waals surface area contributed by atoms with Crippen LogP contribution in [0.5, 0.6) is 5.75 Å². The number of aromatic hydroxyl groups is 1. The number of hydrogen-bond donors (Lipinski definition) is 6. The van der Waals surface area contributed by atoms with Gasteiger partial charge in [0.15, 0.2) is 34.5 Å². The molecule has 15 heteroatoms. The first kappa shape index (κ1) is 33.2. The Labute approximate surface area is 270 Å². The van der Waals surface area contributed by atoms with Gasteiger partial charge in [-0.05, 0) is 50.7 Å². The van der Waals surface area contributed by atoms with Crippen molar-refractivity contribution in [3.63, 3.8) is 0 Å². The number of carbonyl (C=O) groups is 6. The van der Waals surface area contributed by atoms with Crippen molar-refractivity contribution in [1.82, 2.24) is 10.2 Å². The van der Waals surface area contributed by atoms with Crippen LogP contribution in [-0.2, 0) is 32.1 Å². The number of carbonyl (C=O) groups excluding carboxylic acids is 6. The average molecular weight is 645 g/mol. The second kappa shape index (κ2) is 11.3. The molecule has 0 spiro atoms. The highest BCUT2D eigenvalue weighted by Gasteiger charge is 2.78. The molecule has 246 valence electrons. The maximum atomic E-state index is 14.6. The van der Waals surface area contributed by atoms with E-state index in [4.69, 9.17) is 17.2 Å². The minimum absolute atomic E-state index is 0.140. The van der Waals surface area contributed by atoms with Gasteiger partial charge in [-0.2, -0.15) is 5.26 Å². The van der Waals surface area contributed by atoms with E-state index in [-0.39, 0.29) is 29.7 Å². The largest absolute Gasteiger partial charge is 0.507 e. The molecule has 3 aliphatic rings. The van der Waals surface area contributed by atoms with Crippen LogP contribution in [0.4, 0.5) is 16.2 Å². The first-order valence-electron chi connectivity index (χ1n) is 14.7. The molecule has 2 fully saturated rings. The molecule has 2 aromatic rings. The number of primary amides is 1. The number of nitrogens with one attached hydrogen (secondary N) is 2. The maximum Gasteiger partial charge on any atom is 0.319 e. The molecular formula is C32H36N8O7. The molecule has 15 nitrogen and oxygen atoms in total. The minimum Gasteiger partial charge on any atom is -0.507 e. The first-order valence-corrected chi connectivity index (χ1v) is 14.7. The molecular weight excluding hydrogens is 608 g/mol. The molecule has 2 saturated carbocycles. The number of Topliss-reactive ketones (excluding diaryl/α,β-unsaturated/α-hetero) is 4. The van der Waals surface area contributed by atoms with E-state index in [9.17, 15) is 39.1 Å². The Hall–Kier alpha value is -5.17. The Morgan fingerprint density at radius 1 is 1.06 bits per heavy atom. The highest BCUT2D eigenvalue weighted by Crippen LogP contribution is 2.57. The third-order valence-corrected chi connectivity index (χ3v) is 9.60. The molecule has 2 unspecified atom stereocenters. The second-order valence-corrected chi connectivity index (χ2v) is 12.9. The number of likely N-dealkylation sites (N-methyl/N-ethyl adjacent to an activating group) is 1. The van der Waals surface area contributed by atoms with E-state index in [2.05, 4.69) is 10.6 Å². The summed E-state index contributed by atoms with van der Waals surface area (Å²) < 4.78 is 0. The highest BCUT2D eigenvalue weighted by molar-refractivity contribution is 6.33. The Morgan fingerprint density at radius 2 is 1.70 bits per heavy atom. The number of phenols is 1. The van der Waals surface area contributed by atoms with Gasteiger partial charge < -0.3 is 37.8 Å². The lowest BCUT2D eigenvalue weighted by Gasteiger charge is -2.60. The van der Waals surface area contributed by atoms with Crippen LogP contribution in [0.1, 0.15) is 27.9 Å². The summed E-state index contributed by atoms with van der Waals surface area (Å²) in [5.74, 6) is -10.5. The summed E-state index contributed by atoms with van der Waals surface area (Å²) in [7, 11) is 6.25. The molecule has 0 heterocycles. The van der Waals surface area contributed by atoms with Crippen LogP contribution < -0.4 is 32.7 Å². The molecule has 5 rings (SSSR count). The number of amides is 3. The molecule has 9 N–H and O–H groups in total. The van der Waals surface area contributed by atoms with Crippen LogP contribution in [0.25, 0.3) is 0 Å². The van der Waals surface area contributed by atoms with Crippen LogP contribution in [0.3, 0.4) is 0 Å². The number of anilines is 2. The predicted octanol–water partition coefficient (Wildman–Crippen LogP) is -0.804. The van der Waals surface area contributed by atoms with Gasteiger partial charge in [-0.25, -0.2) is 4.79 Å². The minimum atomic E-state index is -2.84. The van der Waals surface area contributed by atoms with Crippen molar-refractivity contribution in [1.29, 1.82) is 5.26 Å². The summed E-state index contributed by atoms with van der Waals surface area (Å²) in [6.07, 6.45) is -0.729. The number of fused-ring (bicyclic) bond motifs is 3. The quantitative estimate of drug-likeness (QED) is 0.211. The smallest absolute Gasteiger partial charge is 0.319 e. The zero-order valence-corrected chi connectivity index (χ0v) is 26.3. The Kier molecular flexibility index (Phi) is 7.96. The SMILES string of the molecule is CN(C)c1cc(CNC(=O)Nc2ccccc2)c(O)c2c1C[C@@]1(N)C[C@@]3(N)[C@H](N(C)C)C(=O)C(C(N)=O)C(=O)[C@@]3(C#N)C(=O)C1C2=O. The van der Waals surface area contributed by atoms with Crippen LogP contribution in [0.2, 0.25) is 0 Å². The summed E-state index contributed by atoms with van der Waals surface area (Å²) in [5, 5.41) is 27.3. The van der Waals surface area contributed by atoms with Gasteiger partial charge in [0.2, 0.25) is 5.91 Å². The van der Waals surface area contributed by atoms with Gasteiger partial charge >= 0.3 is 6.03 Å². The van der Waals surface area contributed by atoms with Crippen LogP contribution in [0.15, 0.2) is 36.4 Å². The number of rotatable bonds is 6. The lowest BCUT2D eigenvalue weighted by molar-refractivity contribution is -0.166. The zero-order valence-electron chi connectivity index (χ0n) is 26.3. The molecule has 3 aliphatic carbocycles. The summed E-state index contributed by atoms with van der Waals surface area (Å²) >= 11 is 0. The molecule has 2 aromatic carbocycles. The Bertz CT molecular complexity index is 1790. The van der Waals surface area contributed by atoms with E-state index in [0.29, 0.717) is 11.4 Å². The zero-order chi connectivity index (χ0) is 34.8. The van der Waals surface area contributed by atoms with E-state index in [0.717, 1.165) is 0 Å². The molecule has 6 atom stereocenters. The topological polar surface area (TPSA) is 255 Å². The van der Waals surface area contributed by atoms with Crippen molar-refractivity contribution in [3.8, 4) is 11.8 Å². The van der Waals surface area contributed by atoms with E-state index < -0.39 is 81.6 Å². The number of para-hydroxylation sites is 1.